The molecule has 0 radical (unpaired) electrons. The van der Waals surface area contributed by atoms with Crippen LogP contribution in [-0.4, -0.2) is 40.9 Å². The Balaban J connectivity index is 1.89. The molecule has 0 amide bonds. The van der Waals surface area contributed by atoms with Crippen molar-refractivity contribution < 1.29 is 0 Å². The first kappa shape index (κ1) is 10.9. The molecule has 1 aromatic rings. The minimum absolute atomic E-state index is 0.563. The zero-order valence-corrected chi connectivity index (χ0v) is 10.5. The van der Waals surface area contributed by atoms with Crippen LogP contribution in [0.15, 0.2) is 0 Å². The number of rotatable bonds is 1. The summed E-state index contributed by atoms with van der Waals surface area (Å²) >= 11 is 0. The van der Waals surface area contributed by atoms with Crippen LogP contribution < -0.4 is 10.2 Å². The highest BCUT2D eigenvalue weighted by molar-refractivity contribution is 5.34. The van der Waals surface area contributed by atoms with Crippen LogP contribution in [0.3, 0.4) is 0 Å². The van der Waals surface area contributed by atoms with Crippen molar-refractivity contribution in [3.8, 4) is 0 Å². The Morgan fingerprint density at radius 2 is 2.06 bits per heavy atom. The number of aryl methyl sites for hydroxylation is 2. The van der Waals surface area contributed by atoms with E-state index in [9.17, 15) is 0 Å². The highest BCUT2D eigenvalue weighted by Gasteiger charge is 2.36. The molecule has 17 heavy (non-hydrogen) atoms. The van der Waals surface area contributed by atoms with Crippen molar-refractivity contribution in [1.82, 2.24) is 20.5 Å². The lowest BCUT2D eigenvalue weighted by Gasteiger charge is -2.36. The van der Waals surface area contributed by atoms with E-state index in [0.29, 0.717) is 6.04 Å². The molecule has 2 saturated heterocycles. The minimum Gasteiger partial charge on any atom is -0.335 e. The second-order valence-corrected chi connectivity index (χ2v) is 5.10. The van der Waals surface area contributed by atoms with Gasteiger partial charge in [-0.15, -0.1) is 5.10 Å². The zero-order valence-electron chi connectivity index (χ0n) is 10.5. The first-order valence-corrected chi connectivity index (χ1v) is 6.41. The number of nitrogens with zero attached hydrogens (tertiary/aromatic N) is 4. The third kappa shape index (κ3) is 1.88. The molecule has 2 atom stereocenters. The van der Waals surface area contributed by atoms with E-state index in [2.05, 4.69) is 25.4 Å². The number of hydrogen-bond acceptors (Lipinski definition) is 5. The number of hydrogen-bond donors (Lipinski definition) is 1. The number of anilines is 1. The summed E-state index contributed by atoms with van der Waals surface area (Å²) in [5, 5.41) is 11.9. The van der Waals surface area contributed by atoms with Gasteiger partial charge in [0.2, 0.25) is 5.95 Å². The van der Waals surface area contributed by atoms with Gasteiger partial charge in [0.25, 0.3) is 0 Å². The first-order valence-electron chi connectivity index (χ1n) is 6.41. The lowest BCUT2D eigenvalue weighted by molar-refractivity contribution is 0.379. The maximum atomic E-state index is 4.58. The van der Waals surface area contributed by atoms with Crippen molar-refractivity contribution >= 4 is 5.95 Å². The fourth-order valence-corrected chi connectivity index (χ4v) is 2.88. The molecule has 2 unspecified atom stereocenters. The number of aromatic nitrogens is 3. The summed E-state index contributed by atoms with van der Waals surface area (Å²) in [5.41, 5.74) is 1.91. The molecular weight excluding hydrogens is 214 g/mol. The second-order valence-electron chi connectivity index (χ2n) is 5.10. The van der Waals surface area contributed by atoms with Crippen LogP contribution in [0, 0.1) is 19.8 Å². The van der Waals surface area contributed by atoms with Crippen molar-refractivity contribution in [3.63, 3.8) is 0 Å². The summed E-state index contributed by atoms with van der Waals surface area (Å²) in [6.07, 6.45) is 2.56. The van der Waals surface area contributed by atoms with Gasteiger partial charge in [-0.25, -0.2) is 4.98 Å². The summed E-state index contributed by atoms with van der Waals surface area (Å²) in [6, 6.07) is 0.563. The van der Waals surface area contributed by atoms with Crippen molar-refractivity contribution in [2.45, 2.75) is 32.7 Å². The molecular formula is C12H19N5. The van der Waals surface area contributed by atoms with Gasteiger partial charge in [0.05, 0.1) is 11.4 Å². The van der Waals surface area contributed by atoms with Crippen LogP contribution >= 0.6 is 0 Å². The Morgan fingerprint density at radius 3 is 2.88 bits per heavy atom. The van der Waals surface area contributed by atoms with Crippen LogP contribution in [-0.2, 0) is 0 Å². The number of fused-ring (bicyclic) bond motifs is 1. The van der Waals surface area contributed by atoms with Gasteiger partial charge in [0.15, 0.2) is 0 Å². The molecule has 2 aliphatic rings. The average Bonchev–Trinajstić information content (AvgIpc) is 2.80. The lowest BCUT2D eigenvalue weighted by Crippen LogP contribution is -2.46. The van der Waals surface area contributed by atoms with Gasteiger partial charge in [-0.1, -0.05) is 0 Å². The quantitative estimate of drug-likeness (QED) is 0.773. The Bertz CT molecular complexity index is 419. The van der Waals surface area contributed by atoms with Crippen molar-refractivity contribution in [3.05, 3.63) is 11.4 Å². The van der Waals surface area contributed by atoms with Crippen molar-refractivity contribution in [1.29, 1.82) is 0 Å². The lowest BCUT2D eigenvalue weighted by atomic mass is 9.92. The van der Waals surface area contributed by atoms with Crippen LogP contribution in [0.2, 0.25) is 0 Å². The summed E-state index contributed by atoms with van der Waals surface area (Å²) in [5.74, 6) is 1.57. The Labute approximate surface area is 102 Å². The summed E-state index contributed by atoms with van der Waals surface area (Å²) in [6.45, 7) is 7.21. The van der Waals surface area contributed by atoms with Crippen LogP contribution in [0.4, 0.5) is 5.95 Å². The van der Waals surface area contributed by atoms with Crippen LogP contribution in [0.5, 0.6) is 0 Å². The molecule has 3 heterocycles. The maximum absolute atomic E-state index is 4.58. The number of piperidine rings is 1. The van der Waals surface area contributed by atoms with Gasteiger partial charge >= 0.3 is 0 Å². The van der Waals surface area contributed by atoms with Crippen molar-refractivity contribution in [2.24, 2.45) is 5.92 Å². The molecule has 0 saturated carbocycles. The van der Waals surface area contributed by atoms with Gasteiger partial charge in [-0.05, 0) is 32.6 Å². The molecule has 2 aliphatic heterocycles. The number of nitrogens with one attached hydrogen (secondary N) is 1. The molecule has 0 bridgehead atoms. The zero-order chi connectivity index (χ0) is 11.8. The van der Waals surface area contributed by atoms with E-state index >= 15 is 0 Å². The molecule has 1 aromatic heterocycles. The monoisotopic (exact) mass is 233 g/mol. The van der Waals surface area contributed by atoms with E-state index < -0.39 is 0 Å². The Hall–Kier alpha value is -1.23. The second kappa shape index (κ2) is 4.22. The van der Waals surface area contributed by atoms with Crippen LogP contribution in [0.25, 0.3) is 0 Å². The SMILES string of the molecule is Cc1nnc(N2CCCC3CNCC32)nc1C. The highest BCUT2D eigenvalue weighted by Crippen LogP contribution is 2.28. The minimum atomic E-state index is 0.563. The Morgan fingerprint density at radius 1 is 1.18 bits per heavy atom. The van der Waals surface area contributed by atoms with E-state index in [1.165, 1.54) is 12.8 Å². The summed E-state index contributed by atoms with van der Waals surface area (Å²) in [4.78, 5) is 6.92. The topological polar surface area (TPSA) is 53.9 Å². The molecule has 0 aromatic carbocycles. The first-order chi connectivity index (χ1) is 8.25. The standard InChI is InChI=1S/C12H19N5/c1-8-9(2)15-16-12(14-8)17-5-3-4-10-6-13-7-11(10)17/h10-11,13H,3-7H2,1-2H3. The molecule has 1 N–H and O–H groups in total. The molecule has 0 spiro atoms. The average molecular weight is 233 g/mol. The Kier molecular flexibility index (Phi) is 2.70. The van der Waals surface area contributed by atoms with E-state index in [-0.39, 0.29) is 0 Å². The van der Waals surface area contributed by atoms with E-state index in [1.54, 1.807) is 0 Å². The highest BCUT2D eigenvalue weighted by atomic mass is 15.4. The third-order valence-electron chi connectivity index (χ3n) is 4.02. The van der Waals surface area contributed by atoms with Gasteiger partial charge in [0, 0.05) is 25.7 Å². The van der Waals surface area contributed by atoms with E-state index in [0.717, 1.165) is 42.9 Å². The summed E-state index contributed by atoms with van der Waals surface area (Å²) < 4.78 is 0. The largest absolute Gasteiger partial charge is 0.335 e. The molecule has 2 fully saturated rings. The molecule has 3 rings (SSSR count). The molecule has 5 heteroatoms. The van der Waals surface area contributed by atoms with Gasteiger partial charge < -0.3 is 10.2 Å². The molecule has 5 nitrogen and oxygen atoms in total. The summed E-state index contributed by atoms with van der Waals surface area (Å²) in [7, 11) is 0. The third-order valence-corrected chi connectivity index (χ3v) is 4.02. The van der Waals surface area contributed by atoms with E-state index in [4.69, 9.17) is 0 Å². The van der Waals surface area contributed by atoms with Crippen LogP contribution in [0.1, 0.15) is 24.2 Å². The fraction of sp³-hybridized carbons (Fsp3) is 0.750. The fourth-order valence-electron chi connectivity index (χ4n) is 2.88. The molecule has 92 valence electrons. The predicted molar refractivity (Wildman–Crippen MR) is 66.0 cm³/mol. The predicted octanol–water partition coefficient (Wildman–Crippen LogP) is 0.677. The van der Waals surface area contributed by atoms with E-state index in [1.807, 2.05) is 13.8 Å². The van der Waals surface area contributed by atoms with Gasteiger partial charge in [-0.2, -0.15) is 5.10 Å². The molecule has 0 aliphatic carbocycles. The van der Waals surface area contributed by atoms with Crippen molar-refractivity contribution in [2.75, 3.05) is 24.5 Å². The normalized spacial score (nSPS) is 28.2. The smallest absolute Gasteiger partial charge is 0.245 e. The van der Waals surface area contributed by atoms with Gasteiger partial charge in [0.1, 0.15) is 0 Å². The van der Waals surface area contributed by atoms with Gasteiger partial charge in [-0.3, -0.25) is 0 Å². The maximum Gasteiger partial charge on any atom is 0.245 e.